The first-order valence-corrected chi connectivity index (χ1v) is 5.74. The second-order valence-electron chi connectivity index (χ2n) is 4.27. The molecule has 1 aromatic carbocycles. The highest BCUT2D eigenvalue weighted by Gasteiger charge is 2.29. The number of hydrogen-bond donors (Lipinski definition) is 1. The number of nitrogens with zero attached hydrogens (tertiary/aromatic N) is 2. The smallest absolute Gasteiger partial charge is 0.260 e. The summed E-state index contributed by atoms with van der Waals surface area (Å²) in [5, 5.41) is 17.5. The minimum Gasteiger partial charge on any atom is -0.484 e. The summed E-state index contributed by atoms with van der Waals surface area (Å²) in [6.07, 6.45) is 0. The van der Waals surface area contributed by atoms with Crippen LogP contribution >= 0.6 is 0 Å². The highest BCUT2D eigenvalue weighted by Crippen LogP contribution is 2.16. The monoisotopic (exact) mass is 246 g/mol. The molecule has 1 N–H and O–H groups in total. The summed E-state index contributed by atoms with van der Waals surface area (Å²) in [4.78, 5) is 13.3. The third-order valence-corrected chi connectivity index (χ3v) is 2.91. The quantitative estimate of drug-likeness (QED) is 0.834. The molecule has 5 heteroatoms. The Kier molecular flexibility index (Phi) is 3.80. The van der Waals surface area contributed by atoms with Gasteiger partial charge >= 0.3 is 0 Å². The van der Waals surface area contributed by atoms with Crippen molar-refractivity contribution in [3.63, 3.8) is 0 Å². The van der Waals surface area contributed by atoms with Gasteiger partial charge in [-0.05, 0) is 24.3 Å². The van der Waals surface area contributed by atoms with Crippen molar-refractivity contribution in [1.29, 1.82) is 5.26 Å². The van der Waals surface area contributed by atoms with Crippen LogP contribution in [0, 0.1) is 17.2 Å². The number of amides is 1. The first-order valence-electron chi connectivity index (χ1n) is 5.74. The number of rotatable bonds is 4. The van der Waals surface area contributed by atoms with Crippen LogP contribution in [0.5, 0.6) is 5.75 Å². The maximum atomic E-state index is 11.7. The van der Waals surface area contributed by atoms with Crippen molar-refractivity contribution in [2.75, 3.05) is 26.3 Å². The highest BCUT2D eigenvalue weighted by molar-refractivity contribution is 5.78. The van der Waals surface area contributed by atoms with E-state index < -0.39 is 0 Å². The maximum Gasteiger partial charge on any atom is 0.260 e. The van der Waals surface area contributed by atoms with Gasteiger partial charge in [-0.25, -0.2) is 0 Å². The van der Waals surface area contributed by atoms with E-state index in [2.05, 4.69) is 0 Å². The van der Waals surface area contributed by atoms with Gasteiger partial charge in [-0.15, -0.1) is 0 Å². The van der Waals surface area contributed by atoms with Crippen LogP contribution in [-0.4, -0.2) is 42.2 Å². The van der Waals surface area contributed by atoms with Crippen LogP contribution in [0.25, 0.3) is 0 Å². The van der Waals surface area contributed by atoms with Crippen LogP contribution in [0.3, 0.4) is 0 Å². The first kappa shape index (κ1) is 12.4. The van der Waals surface area contributed by atoms with Crippen molar-refractivity contribution in [3.8, 4) is 11.8 Å². The Morgan fingerprint density at radius 3 is 2.67 bits per heavy atom. The molecule has 5 nitrogen and oxygen atoms in total. The van der Waals surface area contributed by atoms with Gasteiger partial charge in [0.1, 0.15) is 5.75 Å². The molecule has 1 heterocycles. The number of aliphatic hydroxyl groups is 1. The number of likely N-dealkylation sites (tertiary alicyclic amines) is 1. The Bertz CT molecular complexity index is 458. The zero-order valence-corrected chi connectivity index (χ0v) is 9.87. The number of aliphatic hydroxyl groups excluding tert-OH is 1. The van der Waals surface area contributed by atoms with E-state index in [0.29, 0.717) is 24.4 Å². The molecule has 18 heavy (non-hydrogen) atoms. The Balaban J connectivity index is 1.77. The number of ether oxygens (including phenoxy) is 1. The molecule has 0 aromatic heterocycles. The van der Waals surface area contributed by atoms with Crippen LogP contribution in [-0.2, 0) is 4.79 Å². The second kappa shape index (κ2) is 5.52. The standard InChI is InChI=1S/C13H14N2O3/c14-5-10-1-3-12(4-2-10)18-9-13(17)15-6-11(7-15)8-16/h1-4,11,16H,6-9H2. The molecule has 1 fully saturated rings. The summed E-state index contributed by atoms with van der Waals surface area (Å²) < 4.78 is 5.33. The number of nitriles is 1. The van der Waals surface area contributed by atoms with Gasteiger partial charge in [0.25, 0.3) is 5.91 Å². The average Bonchev–Trinajstić information content (AvgIpc) is 2.36. The average molecular weight is 246 g/mol. The van der Waals surface area contributed by atoms with Gasteiger partial charge < -0.3 is 14.7 Å². The number of benzene rings is 1. The summed E-state index contributed by atoms with van der Waals surface area (Å²) in [6.45, 7) is 1.32. The molecule has 0 bridgehead atoms. The fraction of sp³-hybridized carbons (Fsp3) is 0.385. The Labute approximate surface area is 105 Å². The fourth-order valence-corrected chi connectivity index (χ4v) is 1.75. The molecular formula is C13H14N2O3. The van der Waals surface area contributed by atoms with Crippen LogP contribution in [0.2, 0.25) is 0 Å². The Morgan fingerprint density at radius 2 is 2.11 bits per heavy atom. The second-order valence-corrected chi connectivity index (χ2v) is 4.27. The molecule has 0 aliphatic carbocycles. The summed E-state index contributed by atoms with van der Waals surface area (Å²) in [5.41, 5.74) is 0.558. The SMILES string of the molecule is N#Cc1ccc(OCC(=O)N2CC(CO)C2)cc1. The van der Waals surface area contributed by atoms with Gasteiger partial charge in [0.2, 0.25) is 0 Å². The summed E-state index contributed by atoms with van der Waals surface area (Å²) in [7, 11) is 0. The van der Waals surface area contributed by atoms with Crippen molar-refractivity contribution < 1.29 is 14.6 Å². The van der Waals surface area contributed by atoms with E-state index in [1.54, 1.807) is 29.2 Å². The van der Waals surface area contributed by atoms with Crippen LogP contribution < -0.4 is 4.74 Å². The molecule has 1 amide bonds. The first-order chi connectivity index (χ1) is 8.72. The molecule has 94 valence electrons. The van der Waals surface area contributed by atoms with Gasteiger partial charge in [-0.2, -0.15) is 5.26 Å². The fourth-order valence-electron chi connectivity index (χ4n) is 1.75. The van der Waals surface area contributed by atoms with Gasteiger partial charge in [0, 0.05) is 25.6 Å². The van der Waals surface area contributed by atoms with E-state index in [4.69, 9.17) is 15.1 Å². The lowest BCUT2D eigenvalue weighted by Gasteiger charge is -2.38. The zero-order valence-electron chi connectivity index (χ0n) is 9.87. The van der Waals surface area contributed by atoms with Crippen LogP contribution in [0.15, 0.2) is 24.3 Å². The topological polar surface area (TPSA) is 73.6 Å². The molecule has 0 atom stereocenters. The minimum atomic E-state index is -0.0796. The van der Waals surface area contributed by atoms with Crippen molar-refractivity contribution in [1.82, 2.24) is 4.90 Å². The molecule has 1 saturated heterocycles. The van der Waals surface area contributed by atoms with Crippen molar-refractivity contribution >= 4 is 5.91 Å². The molecule has 0 spiro atoms. The molecule has 0 unspecified atom stereocenters. The van der Waals surface area contributed by atoms with Gasteiger partial charge in [0.05, 0.1) is 11.6 Å². The van der Waals surface area contributed by atoms with Gasteiger partial charge in [-0.3, -0.25) is 4.79 Å². The molecule has 2 rings (SSSR count). The van der Waals surface area contributed by atoms with E-state index in [-0.39, 0.29) is 25.0 Å². The third-order valence-electron chi connectivity index (χ3n) is 2.91. The van der Waals surface area contributed by atoms with E-state index in [9.17, 15) is 4.79 Å². The summed E-state index contributed by atoms with van der Waals surface area (Å²) in [6, 6.07) is 8.63. The number of carbonyl (C=O) groups is 1. The largest absolute Gasteiger partial charge is 0.484 e. The lowest BCUT2D eigenvalue weighted by atomic mass is 10.0. The van der Waals surface area contributed by atoms with Crippen molar-refractivity contribution in [2.24, 2.45) is 5.92 Å². The number of hydrogen-bond acceptors (Lipinski definition) is 4. The van der Waals surface area contributed by atoms with Crippen molar-refractivity contribution in [2.45, 2.75) is 0 Å². The maximum absolute atomic E-state index is 11.7. The minimum absolute atomic E-state index is 0.00987. The molecule has 0 radical (unpaired) electrons. The highest BCUT2D eigenvalue weighted by atomic mass is 16.5. The van der Waals surface area contributed by atoms with Gasteiger partial charge in [-0.1, -0.05) is 0 Å². The Hall–Kier alpha value is -2.06. The lowest BCUT2D eigenvalue weighted by molar-refractivity contribution is -0.140. The zero-order chi connectivity index (χ0) is 13.0. The van der Waals surface area contributed by atoms with Crippen LogP contribution in [0.4, 0.5) is 0 Å². The van der Waals surface area contributed by atoms with Crippen LogP contribution in [0.1, 0.15) is 5.56 Å². The summed E-state index contributed by atoms with van der Waals surface area (Å²) in [5.74, 6) is 0.703. The summed E-state index contributed by atoms with van der Waals surface area (Å²) >= 11 is 0. The third kappa shape index (κ3) is 2.79. The van der Waals surface area contributed by atoms with E-state index >= 15 is 0 Å². The molecular weight excluding hydrogens is 232 g/mol. The molecule has 1 aliphatic rings. The van der Waals surface area contributed by atoms with E-state index in [0.717, 1.165) is 0 Å². The predicted octanol–water partition coefficient (Wildman–Crippen LogP) is 0.388. The molecule has 1 aromatic rings. The molecule has 1 aliphatic heterocycles. The van der Waals surface area contributed by atoms with E-state index in [1.165, 1.54) is 0 Å². The van der Waals surface area contributed by atoms with E-state index in [1.807, 2.05) is 6.07 Å². The number of carbonyl (C=O) groups excluding carboxylic acids is 1. The van der Waals surface area contributed by atoms with Crippen molar-refractivity contribution in [3.05, 3.63) is 29.8 Å². The predicted molar refractivity (Wildman–Crippen MR) is 63.8 cm³/mol. The van der Waals surface area contributed by atoms with Gasteiger partial charge in [0.15, 0.2) is 6.61 Å². The lowest BCUT2D eigenvalue weighted by Crippen LogP contribution is -2.52. The molecule has 0 saturated carbocycles. The Morgan fingerprint density at radius 1 is 1.44 bits per heavy atom. The normalized spacial score (nSPS) is 14.8.